The van der Waals surface area contributed by atoms with Gasteiger partial charge in [-0.15, -0.1) is 0 Å². The topological polar surface area (TPSA) is 70.7 Å². The number of benzene rings is 2. The average Bonchev–Trinajstić information content (AvgIpc) is 2.63. The molecule has 0 aromatic heterocycles. The van der Waals surface area contributed by atoms with Crippen molar-refractivity contribution in [2.75, 3.05) is 31.3 Å². The number of nitrogens with one attached hydrogen (secondary N) is 2. The summed E-state index contributed by atoms with van der Waals surface area (Å²) in [6.07, 6.45) is 0. The number of para-hydroxylation sites is 1. The molecule has 8 heteroatoms. The number of rotatable bonds is 7. The van der Waals surface area contributed by atoms with Crippen molar-refractivity contribution in [2.24, 2.45) is 0 Å². The van der Waals surface area contributed by atoms with Crippen LogP contribution in [0.2, 0.25) is 5.02 Å². The summed E-state index contributed by atoms with van der Waals surface area (Å²) in [5, 5.41) is 5.67. The SMILES string of the molecule is COc1ccc(Cl)cc1NC(=O)CN(C)C(C)C(=O)Nc1ccccc1F. The summed E-state index contributed by atoms with van der Waals surface area (Å²) in [7, 11) is 3.11. The molecule has 0 heterocycles. The molecule has 0 saturated heterocycles. The highest BCUT2D eigenvalue weighted by Crippen LogP contribution is 2.27. The molecule has 0 aliphatic rings. The largest absolute Gasteiger partial charge is 0.495 e. The van der Waals surface area contributed by atoms with Crippen LogP contribution in [0.3, 0.4) is 0 Å². The molecule has 0 saturated carbocycles. The quantitative estimate of drug-likeness (QED) is 0.756. The van der Waals surface area contributed by atoms with Crippen molar-refractivity contribution in [3.05, 3.63) is 53.3 Å². The van der Waals surface area contributed by atoms with Gasteiger partial charge < -0.3 is 15.4 Å². The number of carbonyl (C=O) groups excluding carboxylic acids is 2. The molecule has 2 aromatic rings. The molecule has 0 aliphatic carbocycles. The number of likely N-dealkylation sites (N-methyl/N-ethyl adjacent to an activating group) is 1. The molecule has 1 unspecified atom stereocenters. The highest BCUT2D eigenvalue weighted by atomic mass is 35.5. The number of methoxy groups -OCH3 is 1. The Kier molecular flexibility index (Phi) is 7.15. The first-order chi connectivity index (χ1) is 12.8. The lowest BCUT2D eigenvalue weighted by Crippen LogP contribution is -2.43. The van der Waals surface area contributed by atoms with Gasteiger partial charge in [0.1, 0.15) is 11.6 Å². The van der Waals surface area contributed by atoms with E-state index >= 15 is 0 Å². The van der Waals surface area contributed by atoms with Crippen LogP contribution >= 0.6 is 11.6 Å². The molecular weight excluding hydrogens is 373 g/mol. The maximum atomic E-state index is 13.7. The van der Waals surface area contributed by atoms with Gasteiger partial charge in [-0.25, -0.2) is 4.39 Å². The van der Waals surface area contributed by atoms with Gasteiger partial charge in [-0.3, -0.25) is 14.5 Å². The third kappa shape index (κ3) is 5.67. The molecule has 0 fully saturated rings. The van der Waals surface area contributed by atoms with Crippen LogP contribution < -0.4 is 15.4 Å². The zero-order chi connectivity index (χ0) is 20.0. The van der Waals surface area contributed by atoms with Gasteiger partial charge in [-0.1, -0.05) is 23.7 Å². The van der Waals surface area contributed by atoms with E-state index in [-0.39, 0.29) is 18.1 Å². The van der Waals surface area contributed by atoms with Crippen molar-refractivity contribution in [3.63, 3.8) is 0 Å². The summed E-state index contributed by atoms with van der Waals surface area (Å²) < 4.78 is 18.8. The van der Waals surface area contributed by atoms with Gasteiger partial charge in [0.15, 0.2) is 0 Å². The van der Waals surface area contributed by atoms with Crippen LogP contribution in [-0.2, 0) is 9.59 Å². The van der Waals surface area contributed by atoms with Crippen LogP contribution in [0.15, 0.2) is 42.5 Å². The monoisotopic (exact) mass is 393 g/mol. The van der Waals surface area contributed by atoms with Gasteiger partial charge in [-0.05, 0) is 44.3 Å². The van der Waals surface area contributed by atoms with E-state index in [0.29, 0.717) is 16.5 Å². The van der Waals surface area contributed by atoms with Gasteiger partial charge in [0.05, 0.1) is 31.1 Å². The van der Waals surface area contributed by atoms with Crippen LogP contribution in [0.4, 0.5) is 15.8 Å². The third-order valence-electron chi connectivity index (χ3n) is 4.00. The summed E-state index contributed by atoms with van der Waals surface area (Å²) in [6.45, 7) is 1.57. The lowest BCUT2D eigenvalue weighted by Gasteiger charge is -2.23. The van der Waals surface area contributed by atoms with E-state index < -0.39 is 17.8 Å². The lowest BCUT2D eigenvalue weighted by molar-refractivity contribution is -0.122. The number of amides is 2. The molecule has 0 aliphatic heterocycles. The molecule has 144 valence electrons. The van der Waals surface area contributed by atoms with Crippen molar-refractivity contribution < 1.29 is 18.7 Å². The van der Waals surface area contributed by atoms with Crippen molar-refractivity contribution in [2.45, 2.75) is 13.0 Å². The predicted molar refractivity (Wildman–Crippen MR) is 104 cm³/mol. The zero-order valence-electron chi connectivity index (χ0n) is 15.3. The molecule has 2 aromatic carbocycles. The first-order valence-electron chi connectivity index (χ1n) is 8.21. The van der Waals surface area contributed by atoms with Crippen molar-refractivity contribution in [1.82, 2.24) is 4.90 Å². The number of ether oxygens (including phenoxy) is 1. The second-order valence-electron chi connectivity index (χ2n) is 5.95. The van der Waals surface area contributed by atoms with E-state index in [9.17, 15) is 14.0 Å². The minimum atomic E-state index is -0.656. The van der Waals surface area contributed by atoms with Gasteiger partial charge in [0, 0.05) is 5.02 Å². The zero-order valence-corrected chi connectivity index (χ0v) is 16.0. The average molecular weight is 394 g/mol. The predicted octanol–water partition coefficient (Wildman–Crippen LogP) is 3.39. The summed E-state index contributed by atoms with van der Waals surface area (Å²) in [5.74, 6) is -0.813. The van der Waals surface area contributed by atoms with E-state index in [4.69, 9.17) is 16.3 Å². The Morgan fingerprint density at radius 2 is 1.89 bits per heavy atom. The molecule has 2 rings (SSSR count). The molecule has 6 nitrogen and oxygen atoms in total. The van der Waals surface area contributed by atoms with E-state index in [1.165, 1.54) is 25.3 Å². The number of anilines is 2. The first kappa shape index (κ1) is 20.7. The van der Waals surface area contributed by atoms with Gasteiger partial charge in [0.25, 0.3) is 0 Å². The molecule has 0 spiro atoms. The maximum absolute atomic E-state index is 13.7. The Morgan fingerprint density at radius 3 is 2.56 bits per heavy atom. The molecule has 0 bridgehead atoms. The van der Waals surface area contributed by atoms with Crippen LogP contribution in [0, 0.1) is 5.82 Å². The Bertz CT molecular complexity index is 832. The van der Waals surface area contributed by atoms with Crippen molar-refractivity contribution in [3.8, 4) is 5.75 Å². The Balaban J connectivity index is 1.96. The van der Waals surface area contributed by atoms with Crippen LogP contribution in [0.5, 0.6) is 5.75 Å². The molecule has 27 heavy (non-hydrogen) atoms. The normalized spacial score (nSPS) is 11.8. The Labute approximate surface area is 162 Å². The maximum Gasteiger partial charge on any atom is 0.241 e. The second kappa shape index (κ2) is 9.34. The summed E-state index contributed by atoms with van der Waals surface area (Å²) >= 11 is 5.94. The summed E-state index contributed by atoms with van der Waals surface area (Å²) in [5.41, 5.74) is 0.530. The summed E-state index contributed by atoms with van der Waals surface area (Å²) in [4.78, 5) is 26.1. The van der Waals surface area contributed by atoms with E-state index in [2.05, 4.69) is 10.6 Å². The van der Waals surface area contributed by atoms with Gasteiger partial charge in [-0.2, -0.15) is 0 Å². The third-order valence-corrected chi connectivity index (χ3v) is 4.24. The number of halogens is 2. The number of nitrogens with zero attached hydrogens (tertiary/aromatic N) is 1. The van der Waals surface area contributed by atoms with Gasteiger partial charge in [0.2, 0.25) is 11.8 Å². The molecular formula is C19H21ClFN3O3. The first-order valence-corrected chi connectivity index (χ1v) is 8.58. The van der Waals surface area contributed by atoms with Crippen molar-refractivity contribution >= 4 is 34.8 Å². The summed E-state index contributed by atoms with van der Waals surface area (Å²) in [6, 6.07) is 10.1. The van der Waals surface area contributed by atoms with E-state index in [1.807, 2.05) is 0 Å². The molecule has 1 atom stereocenters. The van der Waals surface area contributed by atoms with Crippen molar-refractivity contribution in [1.29, 1.82) is 0 Å². The highest BCUT2D eigenvalue weighted by molar-refractivity contribution is 6.31. The van der Waals surface area contributed by atoms with Crippen LogP contribution in [0.25, 0.3) is 0 Å². The van der Waals surface area contributed by atoms with Crippen LogP contribution in [0.1, 0.15) is 6.92 Å². The fourth-order valence-corrected chi connectivity index (χ4v) is 2.50. The minimum absolute atomic E-state index is 0.0540. The molecule has 2 N–H and O–H groups in total. The fraction of sp³-hybridized carbons (Fsp3) is 0.263. The van der Waals surface area contributed by atoms with E-state index in [0.717, 1.165) is 0 Å². The van der Waals surface area contributed by atoms with E-state index in [1.54, 1.807) is 43.1 Å². The number of hydrogen-bond acceptors (Lipinski definition) is 4. The lowest BCUT2D eigenvalue weighted by atomic mass is 10.2. The molecule has 2 amide bonds. The van der Waals surface area contributed by atoms with Gasteiger partial charge >= 0.3 is 0 Å². The van der Waals surface area contributed by atoms with Crippen LogP contribution in [-0.4, -0.2) is 43.5 Å². The number of hydrogen-bond donors (Lipinski definition) is 2. The Morgan fingerprint density at radius 1 is 1.19 bits per heavy atom. The fourth-order valence-electron chi connectivity index (χ4n) is 2.33. The molecule has 0 radical (unpaired) electrons. The smallest absolute Gasteiger partial charge is 0.241 e. The standard InChI is InChI=1S/C19H21ClFN3O3/c1-12(19(26)23-15-7-5-4-6-14(15)21)24(2)11-18(25)22-16-10-13(20)8-9-17(16)27-3/h4-10,12H,11H2,1-3H3,(H,22,25)(H,23,26). The minimum Gasteiger partial charge on any atom is -0.495 e. The number of carbonyl (C=O) groups is 2. The Hall–Kier alpha value is -2.64. The second-order valence-corrected chi connectivity index (χ2v) is 6.39. The highest BCUT2D eigenvalue weighted by Gasteiger charge is 2.21.